The minimum Gasteiger partial charge on any atom is -0.468 e. The van der Waals surface area contributed by atoms with Crippen LogP contribution in [0.25, 0.3) is 0 Å². The summed E-state index contributed by atoms with van der Waals surface area (Å²) in [6.45, 7) is 3.26. The van der Waals surface area contributed by atoms with E-state index in [-0.39, 0.29) is 5.97 Å². The van der Waals surface area contributed by atoms with Gasteiger partial charge in [0.15, 0.2) is 5.15 Å². The topological polar surface area (TPSA) is 78.4 Å². The Bertz CT molecular complexity index is 506. The Kier molecular flexibility index (Phi) is 6.23. The summed E-state index contributed by atoms with van der Waals surface area (Å²) in [5, 5.41) is 10.2. The summed E-state index contributed by atoms with van der Waals surface area (Å²) in [6.07, 6.45) is 3.60. The minimum atomic E-state index is -0.460. The average molecular weight is 330 g/mol. The van der Waals surface area contributed by atoms with E-state index in [1.165, 1.54) is 7.11 Å². The van der Waals surface area contributed by atoms with Gasteiger partial charge in [-0.2, -0.15) is 0 Å². The predicted octanol–water partition coefficient (Wildman–Crippen LogP) is 1.90. The van der Waals surface area contributed by atoms with Crippen LogP contribution in [0.1, 0.15) is 44.1 Å². The number of piperidine rings is 1. The van der Waals surface area contributed by atoms with Crippen LogP contribution in [0, 0.1) is 0 Å². The number of aromatic nitrogens is 2. The number of nitrogens with one attached hydrogen (secondary N) is 1. The van der Waals surface area contributed by atoms with Gasteiger partial charge in [-0.1, -0.05) is 24.9 Å². The highest BCUT2D eigenvalue weighted by atomic mass is 35.5. The van der Waals surface area contributed by atoms with E-state index in [9.17, 15) is 9.90 Å². The van der Waals surface area contributed by atoms with Gasteiger partial charge in [-0.25, -0.2) is 4.98 Å². The van der Waals surface area contributed by atoms with E-state index in [4.69, 9.17) is 16.3 Å². The lowest BCUT2D eigenvalue weighted by molar-refractivity contribution is -0.150. The standard InChI is InChI=1S/C15H24ClN3O3/c1-3-4-5-13-17-11(14(16)18-13)9-19-7-6-10(20)8-12(19)15(21)22-2/h10,12,20H,3-9H2,1-2H3,(H,17,18)/t10-,12+/m1/s1. The lowest BCUT2D eigenvalue weighted by Crippen LogP contribution is -2.48. The van der Waals surface area contributed by atoms with E-state index in [0.717, 1.165) is 30.8 Å². The molecule has 1 fully saturated rings. The van der Waals surface area contributed by atoms with Crippen LogP contribution >= 0.6 is 11.6 Å². The van der Waals surface area contributed by atoms with Gasteiger partial charge in [-0.05, 0) is 19.3 Å². The molecule has 2 atom stereocenters. The number of carbonyl (C=O) groups excluding carboxylic acids is 1. The second kappa shape index (κ2) is 7.94. The van der Waals surface area contributed by atoms with Gasteiger partial charge < -0.3 is 14.8 Å². The molecule has 2 heterocycles. The Morgan fingerprint density at radius 3 is 3.05 bits per heavy atom. The highest BCUT2D eigenvalue weighted by Crippen LogP contribution is 2.23. The van der Waals surface area contributed by atoms with Crippen molar-refractivity contribution in [2.45, 2.75) is 57.7 Å². The molecule has 0 spiro atoms. The van der Waals surface area contributed by atoms with Crippen LogP contribution in [0.5, 0.6) is 0 Å². The molecule has 0 bridgehead atoms. The number of methoxy groups -OCH3 is 1. The fourth-order valence-electron chi connectivity index (χ4n) is 2.78. The smallest absolute Gasteiger partial charge is 0.323 e. The summed E-state index contributed by atoms with van der Waals surface area (Å²) < 4.78 is 4.84. The van der Waals surface area contributed by atoms with Gasteiger partial charge in [-0.3, -0.25) is 9.69 Å². The number of halogens is 1. The second-order valence-corrected chi connectivity index (χ2v) is 6.10. The van der Waals surface area contributed by atoms with Gasteiger partial charge in [0.2, 0.25) is 0 Å². The molecule has 0 aliphatic carbocycles. The third-order valence-corrected chi connectivity index (χ3v) is 4.38. The van der Waals surface area contributed by atoms with Crippen LogP contribution in [0.15, 0.2) is 0 Å². The summed E-state index contributed by atoms with van der Waals surface area (Å²) in [5.41, 5.74) is 0.818. The van der Waals surface area contributed by atoms with Crippen LogP contribution < -0.4 is 0 Å². The number of ether oxygens (including phenoxy) is 1. The molecule has 0 amide bonds. The number of unbranched alkanes of at least 4 members (excludes halogenated alkanes) is 1. The Balaban J connectivity index is 2.07. The molecule has 124 valence electrons. The number of esters is 1. The summed E-state index contributed by atoms with van der Waals surface area (Å²) in [4.78, 5) is 21.5. The molecule has 0 unspecified atom stereocenters. The number of rotatable bonds is 6. The molecule has 2 rings (SSSR count). The van der Waals surface area contributed by atoms with E-state index < -0.39 is 12.1 Å². The zero-order chi connectivity index (χ0) is 16.1. The molecule has 7 heteroatoms. The van der Waals surface area contributed by atoms with Crippen molar-refractivity contribution in [3.8, 4) is 0 Å². The molecule has 1 aromatic rings. The third-order valence-electron chi connectivity index (χ3n) is 4.06. The van der Waals surface area contributed by atoms with Gasteiger partial charge in [0.25, 0.3) is 0 Å². The molecular formula is C15H24ClN3O3. The maximum atomic E-state index is 11.9. The van der Waals surface area contributed by atoms with Gasteiger partial charge >= 0.3 is 5.97 Å². The van der Waals surface area contributed by atoms with Crippen LogP contribution in [-0.2, 0) is 22.5 Å². The number of aliphatic hydroxyl groups excluding tert-OH is 1. The molecule has 1 aliphatic rings. The van der Waals surface area contributed by atoms with Gasteiger partial charge in [0.1, 0.15) is 11.9 Å². The van der Waals surface area contributed by atoms with Crippen molar-refractivity contribution in [1.82, 2.24) is 14.9 Å². The van der Waals surface area contributed by atoms with E-state index >= 15 is 0 Å². The lowest BCUT2D eigenvalue weighted by Gasteiger charge is -2.35. The highest BCUT2D eigenvalue weighted by Gasteiger charge is 2.34. The first-order valence-electron chi connectivity index (χ1n) is 7.78. The lowest BCUT2D eigenvalue weighted by atomic mass is 9.99. The van der Waals surface area contributed by atoms with Crippen molar-refractivity contribution in [3.05, 3.63) is 16.7 Å². The molecule has 0 radical (unpaired) electrons. The molecule has 6 nitrogen and oxygen atoms in total. The van der Waals surface area contributed by atoms with E-state index in [1.54, 1.807) is 0 Å². The number of nitrogens with zero attached hydrogens (tertiary/aromatic N) is 2. The zero-order valence-corrected chi connectivity index (χ0v) is 13.9. The van der Waals surface area contributed by atoms with Gasteiger partial charge in [0, 0.05) is 19.5 Å². The fourth-order valence-corrected chi connectivity index (χ4v) is 2.99. The molecule has 1 saturated heterocycles. The van der Waals surface area contributed by atoms with Crippen molar-refractivity contribution >= 4 is 17.6 Å². The van der Waals surface area contributed by atoms with E-state index in [2.05, 4.69) is 16.9 Å². The van der Waals surface area contributed by atoms with Crippen LogP contribution in [0.3, 0.4) is 0 Å². The maximum absolute atomic E-state index is 11.9. The maximum Gasteiger partial charge on any atom is 0.323 e. The molecular weight excluding hydrogens is 306 g/mol. The average Bonchev–Trinajstić information content (AvgIpc) is 2.86. The second-order valence-electron chi connectivity index (χ2n) is 5.74. The van der Waals surface area contributed by atoms with Crippen molar-refractivity contribution < 1.29 is 14.6 Å². The number of H-pyrrole nitrogens is 1. The van der Waals surface area contributed by atoms with Crippen LogP contribution in [0.2, 0.25) is 5.15 Å². The van der Waals surface area contributed by atoms with E-state index in [1.807, 2.05) is 4.90 Å². The quantitative estimate of drug-likeness (QED) is 0.779. The zero-order valence-electron chi connectivity index (χ0n) is 13.1. The van der Waals surface area contributed by atoms with Gasteiger partial charge in [-0.15, -0.1) is 0 Å². The Labute approximate surface area is 135 Å². The molecule has 1 aliphatic heterocycles. The number of carbonyl (C=O) groups is 1. The summed E-state index contributed by atoms with van der Waals surface area (Å²) >= 11 is 6.20. The minimum absolute atomic E-state index is 0.319. The predicted molar refractivity (Wildman–Crippen MR) is 83.7 cm³/mol. The number of aryl methyl sites for hydroxylation is 1. The van der Waals surface area contributed by atoms with Crippen molar-refractivity contribution in [2.24, 2.45) is 0 Å². The highest BCUT2D eigenvalue weighted by molar-refractivity contribution is 6.30. The Hall–Kier alpha value is -1.11. The molecule has 1 aromatic heterocycles. The first-order valence-corrected chi connectivity index (χ1v) is 8.16. The van der Waals surface area contributed by atoms with Crippen LogP contribution in [0.4, 0.5) is 0 Å². The van der Waals surface area contributed by atoms with Gasteiger partial charge in [0.05, 0.1) is 18.9 Å². The third kappa shape index (κ3) is 4.21. The molecule has 0 aromatic carbocycles. The van der Waals surface area contributed by atoms with Crippen LogP contribution in [-0.4, -0.2) is 51.7 Å². The Morgan fingerprint density at radius 2 is 2.36 bits per heavy atom. The molecule has 0 saturated carbocycles. The van der Waals surface area contributed by atoms with Crippen molar-refractivity contribution in [2.75, 3.05) is 13.7 Å². The van der Waals surface area contributed by atoms with E-state index in [0.29, 0.717) is 31.1 Å². The van der Waals surface area contributed by atoms with Crippen molar-refractivity contribution in [1.29, 1.82) is 0 Å². The summed E-state index contributed by atoms with van der Waals surface area (Å²) in [6, 6.07) is -0.438. The van der Waals surface area contributed by atoms with Crippen molar-refractivity contribution in [3.63, 3.8) is 0 Å². The molecule has 22 heavy (non-hydrogen) atoms. The summed E-state index contributed by atoms with van der Waals surface area (Å²) in [5.74, 6) is 0.564. The Morgan fingerprint density at radius 1 is 1.59 bits per heavy atom. The number of aromatic amines is 1. The fraction of sp³-hybridized carbons (Fsp3) is 0.733. The number of hydrogen-bond donors (Lipinski definition) is 2. The number of imidazole rings is 1. The molecule has 2 N–H and O–H groups in total. The number of hydrogen-bond acceptors (Lipinski definition) is 5. The number of aliphatic hydroxyl groups is 1. The largest absolute Gasteiger partial charge is 0.468 e. The normalized spacial score (nSPS) is 22.7. The first kappa shape index (κ1) is 17.2. The first-order chi connectivity index (χ1) is 10.5. The monoisotopic (exact) mass is 329 g/mol. The summed E-state index contributed by atoms with van der Waals surface area (Å²) in [7, 11) is 1.37. The number of likely N-dealkylation sites (tertiary alicyclic amines) is 1. The SMILES string of the molecule is CCCCc1nc(Cl)c(CN2CC[C@@H](O)C[C@H]2C(=O)OC)[nH]1.